The molecule has 0 bridgehead atoms. The van der Waals surface area contributed by atoms with Crippen molar-refractivity contribution in [2.45, 2.75) is 13.0 Å². The Balaban J connectivity index is 0.00000192. The van der Waals surface area contributed by atoms with Crippen molar-refractivity contribution in [1.82, 2.24) is 4.90 Å². The van der Waals surface area contributed by atoms with Gasteiger partial charge in [0.1, 0.15) is 0 Å². The molecule has 3 nitrogen and oxygen atoms in total. The first-order chi connectivity index (χ1) is 10.7. The third kappa shape index (κ3) is 4.21. The Bertz CT molecular complexity index is 683. The van der Waals surface area contributed by atoms with Crippen molar-refractivity contribution >= 4 is 23.9 Å². The van der Waals surface area contributed by atoms with Crippen molar-refractivity contribution in [2.24, 2.45) is 0 Å². The summed E-state index contributed by atoms with van der Waals surface area (Å²) in [6, 6.07) is 20.2. The van der Waals surface area contributed by atoms with Crippen LogP contribution in [0, 0.1) is 0 Å². The molecule has 3 rings (SSSR count). The molecular weight excluding hydrogens is 310 g/mol. The highest BCUT2D eigenvalue weighted by molar-refractivity contribution is 5.97. The minimum atomic E-state index is -0.793. The number of carboxylic acid groups (broad SMARTS) is 1. The van der Waals surface area contributed by atoms with Crippen LogP contribution >= 0.6 is 12.4 Å². The molecule has 0 unspecified atom stereocenters. The highest BCUT2D eigenvalue weighted by Gasteiger charge is 2.24. The van der Waals surface area contributed by atoms with Gasteiger partial charge in [0, 0.05) is 25.2 Å². The fourth-order valence-corrected chi connectivity index (χ4v) is 2.94. The number of nitrogens with zero attached hydrogens (tertiary/aromatic N) is 1. The second-order valence-electron chi connectivity index (χ2n) is 5.57. The van der Waals surface area contributed by atoms with Crippen LogP contribution in [0.25, 0.3) is 5.57 Å². The summed E-state index contributed by atoms with van der Waals surface area (Å²) in [5.41, 5.74) is 3.76. The number of hydrogen-bond donors (Lipinski definition) is 1. The van der Waals surface area contributed by atoms with E-state index in [0.29, 0.717) is 18.5 Å². The standard InChI is InChI=1S/C19H19NO2.ClH/c21-19(22)17-11-12-20(13-15-7-3-1-4-8-15)14-18(17)16-9-5-2-6-10-16;/h1-10H,11-14H2,(H,21,22);1H. The van der Waals surface area contributed by atoms with Gasteiger partial charge in [-0.05, 0) is 23.1 Å². The van der Waals surface area contributed by atoms with Crippen LogP contribution in [0.4, 0.5) is 0 Å². The number of hydrogen-bond acceptors (Lipinski definition) is 2. The molecule has 1 aliphatic heterocycles. The van der Waals surface area contributed by atoms with Gasteiger partial charge in [0.05, 0.1) is 0 Å². The number of benzene rings is 2. The van der Waals surface area contributed by atoms with Crippen LogP contribution in [0.3, 0.4) is 0 Å². The highest BCUT2D eigenvalue weighted by atomic mass is 35.5. The number of rotatable bonds is 4. The van der Waals surface area contributed by atoms with E-state index in [1.54, 1.807) is 0 Å². The Labute approximate surface area is 142 Å². The van der Waals surface area contributed by atoms with Crippen LogP contribution in [0.15, 0.2) is 66.2 Å². The average Bonchev–Trinajstić information content (AvgIpc) is 2.56. The molecule has 2 aromatic rings. The zero-order valence-electron chi connectivity index (χ0n) is 12.8. The SMILES string of the molecule is Cl.O=C(O)C1=C(c2ccccc2)CN(Cc2ccccc2)CC1. The summed E-state index contributed by atoms with van der Waals surface area (Å²) in [4.78, 5) is 13.8. The quantitative estimate of drug-likeness (QED) is 0.926. The normalized spacial score (nSPS) is 15.1. The molecule has 0 atom stereocenters. The van der Waals surface area contributed by atoms with Gasteiger partial charge in [0.2, 0.25) is 0 Å². The molecule has 120 valence electrons. The summed E-state index contributed by atoms with van der Waals surface area (Å²) in [6.07, 6.45) is 0.590. The number of carbonyl (C=O) groups is 1. The lowest BCUT2D eigenvalue weighted by Crippen LogP contribution is -2.32. The molecule has 0 aromatic heterocycles. The van der Waals surface area contributed by atoms with Gasteiger partial charge >= 0.3 is 5.97 Å². The smallest absolute Gasteiger partial charge is 0.331 e. The Morgan fingerprint density at radius 3 is 2.22 bits per heavy atom. The Morgan fingerprint density at radius 1 is 1.00 bits per heavy atom. The van der Waals surface area contributed by atoms with Gasteiger partial charge in [-0.2, -0.15) is 0 Å². The maximum absolute atomic E-state index is 11.5. The van der Waals surface area contributed by atoms with Gasteiger partial charge < -0.3 is 5.11 Å². The third-order valence-electron chi connectivity index (χ3n) is 4.05. The predicted molar refractivity (Wildman–Crippen MR) is 94.6 cm³/mol. The maximum atomic E-state index is 11.5. The van der Waals surface area contributed by atoms with E-state index in [4.69, 9.17) is 0 Å². The molecule has 0 amide bonds. The summed E-state index contributed by atoms with van der Waals surface area (Å²) in [5, 5.41) is 9.47. The van der Waals surface area contributed by atoms with Crippen LogP contribution in [0.2, 0.25) is 0 Å². The highest BCUT2D eigenvalue weighted by Crippen LogP contribution is 2.27. The molecule has 0 saturated carbocycles. The van der Waals surface area contributed by atoms with Crippen LogP contribution in [0.5, 0.6) is 0 Å². The van der Waals surface area contributed by atoms with E-state index in [1.807, 2.05) is 48.5 Å². The molecule has 1 N–H and O–H groups in total. The molecular formula is C19H20ClNO2. The van der Waals surface area contributed by atoms with Crippen molar-refractivity contribution in [1.29, 1.82) is 0 Å². The monoisotopic (exact) mass is 329 g/mol. The van der Waals surface area contributed by atoms with Crippen molar-refractivity contribution in [3.63, 3.8) is 0 Å². The fourth-order valence-electron chi connectivity index (χ4n) is 2.94. The Hall–Kier alpha value is -2.10. The average molecular weight is 330 g/mol. The summed E-state index contributed by atoms with van der Waals surface area (Å²) < 4.78 is 0. The van der Waals surface area contributed by atoms with E-state index < -0.39 is 5.97 Å². The molecule has 0 saturated heterocycles. The Kier molecular flexibility index (Phi) is 5.97. The van der Waals surface area contributed by atoms with E-state index in [-0.39, 0.29) is 12.4 Å². The van der Waals surface area contributed by atoms with E-state index in [9.17, 15) is 9.90 Å². The van der Waals surface area contributed by atoms with Crippen LogP contribution in [0.1, 0.15) is 17.5 Å². The van der Waals surface area contributed by atoms with Gasteiger partial charge in [-0.1, -0.05) is 60.7 Å². The summed E-state index contributed by atoms with van der Waals surface area (Å²) in [6.45, 7) is 2.32. The largest absolute Gasteiger partial charge is 0.478 e. The molecule has 4 heteroatoms. The zero-order valence-corrected chi connectivity index (χ0v) is 13.6. The first-order valence-corrected chi connectivity index (χ1v) is 7.51. The molecule has 23 heavy (non-hydrogen) atoms. The van der Waals surface area contributed by atoms with Gasteiger partial charge in [-0.15, -0.1) is 12.4 Å². The second kappa shape index (κ2) is 7.95. The minimum Gasteiger partial charge on any atom is -0.478 e. The van der Waals surface area contributed by atoms with Gasteiger partial charge in [-0.25, -0.2) is 4.79 Å². The van der Waals surface area contributed by atoms with Gasteiger partial charge in [-0.3, -0.25) is 4.90 Å². The van der Waals surface area contributed by atoms with Crippen LogP contribution in [-0.4, -0.2) is 29.1 Å². The fraction of sp³-hybridized carbons (Fsp3) is 0.211. The molecule has 0 spiro atoms. The Morgan fingerprint density at radius 2 is 1.61 bits per heavy atom. The lowest BCUT2D eigenvalue weighted by Gasteiger charge is -2.30. The van der Waals surface area contributed by atoms with E-state index >= 15 is 0 Å². The van der Waals surface area contributed by atoms with Gasteiger partial charge in [0.25, 0.3) is 0 Å². The summed E-state index contributed by atoms with van der Waals surface area (Å²) in [7, 11) is 0. The van der Waals surface area contributed by atoms with Crippen molar-refractivity contribution < 1.29 is 9.90 Å². The minimum absolute atomic E-state index is 0. The van der Waals surface area contributed by atoms with Crippen LogP contribution in [-0.2, 0) is 11.3 Å². The molecule has 1 aliphatic rings. The molecule has 0 aliphatic carbocycles. The number of halogens is 1. The number of carboxylic acids is 1. The zero-order chi connectivity index (χ0) is 15.4. The molecule has 1 heterocycles. The summed E-state index contributed by atoms with van der Waals surface area (Å²) in [5.74, 6) is -0.793. The van der Waals surface area contributed by atoms with Crippen molar-refractivity contribution in [3.05, 3.63) is 77.4 Å². The lowest BCUT2D eigenvalue weighted by atomic mass is 9.93. The number of aliphatic carboxylic acids is 1. The van der Waals surface area contributed by atoms with Crippen molar-refractivity contribution in [2.75, 3.05) is 13.1 Å². The van der Waals surface area contributed by atoms with Crippen LogP contribution < -0.4 is 0 Å². The predicted octanol–water partition coefficient (Wildman–Crippen LogP) is 3.85. The van der Waals surface area contributed by atoms with Crippen molar-refractivity contribution in [3.8, 4) is 0 Å². The summed E-state index contributed by atoms with van der Waals surface area (Å²) >= 11 is 0. The maximum Gasteiger partial charge on any atom is 0.331 e. The second-order valence-corrected chi connectivity index (χ2v) is 5.57. The lowest BCUT2D eigenvalue weighted by molar-refractivity contribution is -0.132. The van der Waals surface area contributed by atoms with Gasteiger partial charge in [0.15, 0.2) is 0 Å². The third-order valence-corrected chi connectivity index (χ3v) is 4.05. The molecule has 0 fully saturated rings. The first kappa shape index (κ1) is 17.3. The van der Waals surface area contributed by atoms with E-state index in [0.717, 1.165) is 24.2 Å². The molecule has 2 aromatic carbocycles. The van der Waals surface area contributed by atoms with E-state index in [2.05, 4.69) is 17.0 Å². The molecule has 0 radical (unpaired) electrons. The topological polar surface area (TPSA) is 40.5 Å². The van der Waals surface area contributed by atoms with E-state index in [1.165, 1.54) is 5.56 Å². The first-order valence-electron chi connectivity index (χ1n) is 7.51.